The molecule has 1 amide bonds. The van der Waals surface area contributed by atoms with Gasteiger partial charge in [-0.15, -0.1) is 0 Å². The quantitative estimate of drug-likeness (QED) is 0.688. The number of piperazine rings is 1. The Morgan fingerprint density at radius 1 is 1.04 bits per heavy atom. The van der Waals surface area contributed by atoms with Crippen LogP contribution in [0.15, 0.2) is 54.6 Å². The summed E-state index contributed by atoms with van der Waals surface area (Å²) in [5.41, 5.74) is 8.59. The van der Waals surface area contributed by atoms with E-state index in [0.29, 0.717) is 18.8 Å². The summed E-state index contributed by atoms with van der Waals surface area (Å²) in [5.74, 6) is 0.875. The Balaban J connectivity index is 1.56. The minimum atomic E-state index is 0.0256. The second-order valence-electron chi connectivity index (χ2n) is 5.97. The van der Waals surface area contributed by atoms with Crippen LogP contribution in [0.4, 0.5) is 11.4 Å². The topological polar surface area (TPSA) is 58.8 Å². The molecule has 0 aromatic heterocycles. The van der Waals surface area contributed by atoms with Crippen LogP contribution in [0.2, 0.25) is 0 Å². The van der Waals surface area contributed by atoms with Crippen molar-refractivity contribution in [1.29, 1.82) is 0 Å². The van der Waals surface area contributed by atoms with Gasteiger partial charge in [0, 0.05) is 43.6 Å². The molecule has 3 rings (SSSR count). The Kier molecular flexibility index (Phi) is 5.23. The van der Waals surface area contributed by atoms with Crippen molar-refractivity contribution in [3.05, 3.63) is 60.2 Å². The van der Waals surface area contributed by atoms with Crippen molar-refractivity contribution in [3.8, 4) is 5.75 Å². The van der Waals surface area contributed by atoms with Crippen LogP contribution < -0.4 is 15.4 Å². The molecule has 1 fully saturated rings. The zero-order valence-electron chi connectivity index (χ0n) is 14.4. The van der Waals surface area contributed by atoms with E-state index < -0.39 is 0 Å². The summed E-state index contributed by atoms with van der Waals surface area (Å²) < 4.78 is 5.19. The zero-order chi connectivity index (χ0) is 17.6. The third-order valence-corrected chi connectivity index (χ3v) is 4.43. The molecule has 1 aliphatic heterocycles. The molecule has 5 nitrogen and oxygen atoms in total. The molecule has 0 atom stereocenters. The number of para-hydroxylation sites is 1. The molecule has 2 N–H and O–H groups in total. The highest BCUT2D eigenvalue weighted by molar-refractivity contribution is 5.92. The predicted molar refractivity (Wildman–Crippen MR) is 102 cm³/mol. The Labute approximate surface area is 148 Å². The lowest BCUT2D eigenvalue weighted by Crippen LogP contribution is -2.48. The number of nitrogen functional groups attached to an aromatic ring is 1. The summed E-state index contributed by atoms with van der Waals surface area (Å²) in [4.78, 5) is 16.5. The van der Waals surface area contributed by atoms with Crippen LogP contribution in [0.25, 0.3) is 6.08 Å². The van der Waals surface area contributed by atoms with Crippen molar-refractivity contribution in [2.75, 3.05) is 43.9 Å². The molecule has 5 heteroatoms. The first-order valence-electron chi connectivity index (χ1n) is 8.38. The molecule has 130 valence electrons. The molecule has 0 aliphatic carbocycles. The number of ether oxygens (including phenoxy) is 1. The molecule has 0 unspecified atom stereocenters. The largest absolute Gasteiger partial charge is 0.497 e. The summed E-state index contributed by atoms with van der Waals surface area (Å²) in [6.07, 6.45) is 3.39. The molecule has 2 aromatic carbocycles. The third kappa shape index (κ3) is 4.12. The lowest BCUT2D eigenvalue weighted by Gasteiger charge is -2.35. The fraction of sp³-hybridized carbons (Fsp3) is 0.250. The number of benzene rings is 2. The number of rotatable bonds is 4. The van der Waals surface area contributed by atoms with Crippen molar-refractivity contribution in [2.24, 2.45) is 0 Å². The molecular formula is C20H23N3O2. The van der Waals surface area contributed by atoms with E-state index in [1.807, 2.05) is 53.4 Å². The van der Waals surface area contributed by atoms with Crippen molar-refractivity contribution in [3.63, 3.8) is 0 Å². The number of nitrogens with zero attached hydrogens (tertiary/aromatic N) is 2. The highest BCUT2D eigenvalue weighted by Crippen LogP contribution is 2.20. The van der Waals surface area contributed by atoms with E-state index in [9.17, 15) is 4.79 Å². The van der Waals surface area contributed by atoms with Crippen molar-refractivity contribution >= 4 is 23.4 Å². The van der Waals surface area contributed by atoms with Crippen LogP contribution in [0.5, 0.6) is 5.75 Å². The molecule has 0 bridgehead atoms. The minimum absolute atomic E-state index is 0.0256. The third-order valence-electron chi connectivity index (χ3n) is 4.43. The molecule has 0 spiro atoms. The maximum Gasteiger partial charge on any atom is 0.246 e. The Hall–Kier alpha value is -2.95. The Morgan fingerprint density at radius 2 is 1.72 bits per heavy atom. The van der Waals surface area contributed by atoms with Gasteiger partial charge < -0.3 is 20.3 Å². The van der Waals surface area contributed by atoms with Gasteiger partial charge in [-0.2, -0.15) is 0 Å². The van der Waals surface area contributed by atoms with Gasteiger partial charge in [0.25, 0.3) is 0 Å². The minimum Gasteiger partial charge on any atom is -0.497 e. The molecule has 0 saturated carbocycles. The molecule has 1 saturated heterocycles. The van der Waals surface area contributed by atoms with Gasteiger partial charge in [-0.1, -0.05) is 18.2 Å². The van der Waals surface area contributed by atoms with E-state index >= 15 is 0 Å². The fourth-order valence-electron chi connectivity index (χ4n) is 2.91. The van der Waals surface area contributed by atoms with E-state index in [4.69, 9.17) is 10.5 Å². The first-order chi connectivity index (χ1) is 12.2. The molecular weight excluding hydrogens is 314 g/mol. The van der Waals surface area contributed by atoms with Crippen LogP contribution in [0.3, 0.4) is 0 Å². The number of carbonyl (C=O) groups excluding carboxylic acids is 1. The first-order valence-corrected chi connectivity index (χ1v) is 8.38. The maximum absolute atomic E-state index is 12.4. The SMILES string of the molecule is COc1ccc(N2CCN(C(=O)/C=C/c3ccccc3N)CC2)cc1. The summed E-state index contributed by atoms with van der Waals surface area (Å²) in [7, 11) is 1.66. The van der Waals surface area contributed by atoms with Gasteiger partial charge in [0.2, 0.25) is 5.91 Å². The van der Waals surface area contributed by atoms with Gasteiger partial charge in [0.15, 0.2) is 0 Å². The Morgan fingerprint density at radius 3 is 2.36 bits per heavy atom. The molecule has 25 heavy (non-hydrogen) atoms. The van der Waals surface area contributed by atoms with E-state index in [0.717, 1.165) is 30.1 Å². The summed E-state index contributed by atoms with van der Waals surface area (Å²) in [6.45, 7) is 3.05. The number of methoxy groups -OCH3 is 1. The highest BCUT2D eigenvalue weighted by atomic mass is 16.5. The summed E-state index contributed by atoms with van der Waals surface area (Å²) in [5, 5.41) is 0. The number of nitrogens with two attached hydrogens (primary N) is 1. The van der Waals surface area contributed by atoms with Crippen LogP contribution in [0.1, 0.15) is 5.56 Å². The number of amides is 1. The Bertz CT molecular complexity index is 748. The van der Waals surface area contributed by atoms with E-state index in [1.54, 1.807) is 19.3 Å². The highest BCUT2D eigenvalue weighted by Gasteiger charge is 2.19. The summed E-state index contributed by atoms with van der Waals surface area (Å²) >= 11 is 0. The zero-order valence-corrected chi connectivity index (χ0v) is 14.4. The monoisotopic (exact) mass is 337 g/mol. The van der Waals surface area contributed by atoms with Crippen molar-refractivity contribution < 1.29 is 9.53 Å². The van der Waals surface area contributed by atoms with Crippen LogP contribution in [-0.4, -0.2) is 44.1 Å². The molecule has 2 aromatic rings. The molecule has 1 aliphatic rings. The number of carbonyl (C=O) groups is 1. The van der Waals surface area contributed by atoms with Gasteiger partial charge >= 0.3 is 0 Å². The van der Waals surface area contributed by atoms with Gasteiger partial charge in [-0.05, 0) is 42.0 Å². The number of hydrogen-bond acceptors (Lipinski definition) is 4. The average molecular weight is 337 g/mol. The van der Waals surface area contributed by atoms with Crippen LogP contribution in [0, 0.1) is 0 Å². The van der Waals surface area contributed by atoms with Crippen LogP contribution in [-0.2, 0) is 4.79 Å². The van der Waals surface area contributed by atoms with E-state index in [2.05, 4.69) is 4.90 Å². The van der Waals surface area contributed by atoms with Crippen molar-refractivity contribution in [2.45, 2.75) is 0 Å². The lowest BCUT2D eigenvalue weighted by atomic mass is 10.1. The normalized spacial score (nSPS) is 14.8. The van der Waals surface area contributed by atoms with E-state index in [1.165, 1.54) is 0 Å². The maximum atomic E-state index is 12.4. The predicted octanol–water partition coefficient (Wildman–Crippen LogP) is 2.64. The van der Waals surface area contributed by atoms with E-state index in [-0.39, 0.29) is 5.91 Å². The average Bonchev–Trinajstić information content (AvgIpc) is 2.67. The second kappa shape index (κ2) is 7.75. The fourth-order valence-corrected chi connectivity index (χ4v) is 2.91. The molecule has 1 heterocycles. The molecule has 0 radical (unpaired) electrons. The van der Waals surface area contributed by atoms with Gasteiger partial charge in [0.1, 0.15) is 5.75 Å². The van der Waals surface area contributed by atoms with Gasteiger partial charge in [0.05, 0.1) is 7.11 Å². The standard InChI is InChI=1S/C20H23N3O2/c1-25-18-9-7-17(8-10-18)22-12-14-23(15-13-22)20(24)11-6-16-4-2-3-5-19(16)21/h2-11H,12-15,21H2,1H3/b11-6+. The van der Waals surface area contributed by atoms with Crippen LogP contribution >= 0.6 is 0 Å². The lowest BCUT2D eigenvalue weighted by molar-refractivity contribution is -0.126. The summed E-state index contributed by atoms with van der Waals surface area (Å²) in [6, 6.07) is 15.5. The van der Waals surface area contributed by atoms with Gasteiger partial charge in [-0.25, -0.2) is 0 Å². The number of anilines is 2. The first kappa shape index (κ1) is 16.9. The number of hydrogen-bond donors (Lipinski definition) is 1. The van der Waals surface area contributed by atoms with Gasteiger partial charge in [-0.3, -0.25) is 4.79 Å². The smallest absolute Gasteiger partial charge is 0.246 e. The van der Waals surface area contributed by atoms with Crippen molar-refractivity contribution in [1.82, 2.24) is 4.90 Å². The second-order valence-corrected chi connectivity index (χ2v) is 5.97.